The molecule has 0 radical (unpaired) electrons. The molecule has 0 spiro atoms. The molecule has 2 saturated carbocycles. The largest absolute Gasteiger partial charge is 0.343 e. The Kier molecular flexibility index (Phi) is 3.58. The van der Waals surface area contributed by atoms with Crippen LogP contribution in [0.4, 0.5) is 8.78 Å². The van der Waals surface area contributed by atoms with Gasteiger partial charge in [0.2, 0.25) is 0 Å². The number of aromatic amines is 1. The second-order valence-electron chi connectivity index (χ2n) is 7.54. The number of hydrogen-bond acceptors (Lipinski definition) is 5. The number of hydrogen-bond donors (Lipinski definition) is 1. The normalized spacial score (nSPS) is 20.8. The van der Waals surface area contributed by atoms with Crippen molar-refractivity contribution in [2.45, 2.75) is 51.2 Å². The van der Waals surface area contributed by atoms with Crippen molar-refractivity contribution in [2.24, 2.45) is 5.92 Å². The maximum Gasteiger partial charge on any atom is 0.343 e. The topological polar surface area (TPSA) is 94.7 Å². The SMILES string of the molecule is Cc1c(Cn2nc[nH]c2=O)sc2c1c(=O)n(C1CC1)c(=O)n2CC1CC1(F)F. The van der Waals surface area contributed by atoms with Crippen LogP contribution >= 0.6 is 11.3 Å². The van der Waals surface area contributed by atoms with Crippen molar-refractivity contribution in [1.29, 1.82) is 0 Å². The van der Waals surface area contributed by atoms with Crippen molar-refractivity contribution < 1.29 is 8.78 Å². The third kappa shape index (κ3) is 2.60. The molecule has 0 saturated heterocycles. The summed E-state index contributed by atoms with van der Waals surface area (Å²) in [6.07, 6.45) is 2.50. The van der Waals surface area contributed by atoms with E-state index in [1.165, 1.54) is 31.5 Å². The van der Waals surface area contributed by atoms with Gasteiger partial charge in [-0.2, -0.15) is 5.10 Å². The molecule has 3 heterocycles. The lowest BCUT2D eigenvalue weighted by molar-refractivity contribution is 0.0950. The minimum absolute atomic E-state index is 0.114. The van der Waals surface area contributed by atoms with E-state index in [-0.39, 0.29) is 36.8 Å². The van der Waals surface area contributed by atoms with Crippen LogP contribution in [0.25, 0.3) is 10.2 Å². The highest BCUT2D eigenvalue weighted by Crippen LogP contribution is 2.49. The molecule has 1 unspecified atom stereocenters. The predicted molar refractivity (Wildman–Crippen MR) is 98.4 cm³/mol. The Hall–Kier alpha value is -2.56. The zero-order valence-electron chi connectivity index (χ0n) is 14.9. The molecule has 0 amide bonds. The van der Waals surface area contributed by atoms with Gasteiger partial charge in [0.05, 0.1) is 11.9 Å². The summed E-state index contributed by atoms with van der Waals surface area (Å²) in [6, 6.07) is -0.160. The monoisotopic (exact) mass is 409 g/mol. The Balaban J connectivity index is 1.71. The lowest BCUT2D eigenvalue weighted by Crippen LogP contribution is -2.39. The highest BCUT2D eigenvalue weighted by Gasteiger charge is 2.57. The molecule has 8 nitrogen and oxygen atoms in total. The van der Waals surface area contributed by atoms with E-state index in [1.54, 1.807) is 6.92 Å². The fourth-order valence-corrected chi connectivity index (χ4v) is 4.88. The first-order valence-corrected chi connectivity index (χ1v) is 9.85. The van der Waals surface area contributed by atoms with Gasteiger partial charge in [-0.05, 0) is 25.3 Å². The van der Waals surface area contributed by atoms with Gasteiger partial charge in [-0.1, -0.05) is 0 Å². The van der Waals surface area contributed by atoms with Crippen LogP contribution in [0, 0.1) is 12.8 Å². The van der Waals surface area contributed by atoms with E-state index >= 15 is 0 Å². The molecule has 5 rings (SSSR count). The molecule has 0 bridgehead atoms. The average Bonchev–Trinajstić information content (AvgIpc) is 3.48. The highest BCUT2D eigenvalue weighted by atomic mass is 32.1. The molecule has 0 aliphatic heterocycles. The molecular weight excluding hydrogens is 392 g/mol. The molecule has 148 valence electrons. The maximum absolute atomic E-state index is 13.5. The van der Waals surface area contributed by atoms with Gasteiger partial charge in [-0.3, -0.25) is 18.9 Å². The molecule has 1 N–H and O–H groups in total. The van der Waals surface area contributed by atoms with E-state index in [0.717, 1.165) is 12.8 Å². The molecule has 2 aliphatic carbocycles. The van der Waals surface area contributed by atoms with Gasteiger partial charge in [-0.15, -0.1) is 11.3 Å². The first kappa shape index (κ1) is 17.5. The first-order valence-electron chi connectivity index (χ1n) is 9.03. The second-order valence-corrected chi connectivity index (χ2v) is 8.63. The van der Waals surface area contributed by atoms with Crippen molar-refractivity contribution >= 4 is 21.6 Å². The lowest BCUT2D eigenvalue weighted by atomic mass is 10.2. The van der Waals surface area contributed by atoms with Crippen molar-refractivity contribution in [1.82, 2.24) is 23.9 Å². The number of nitrogens with zero attached hydrogens (tertiary/aromatic N) is 4. The molecule has 1 atom stereocenters. The van der Waals surface area contributed by atoms with Gasteiger partial charge in [0, 0.05) is 29.8 Å². The Bertz CT molecular complexity index is 1280. The number of halogens is 2. The smallest absolute Gasteiger partial charge is 0.295 e. The van der Waals surface area contributed by atoms with E-state index in [1.807, 2.05) is 0 Å². The minimum Gasteiger partial charge on any atom is -0.295 e. The molecular formula is C17H17F2N5O3S. The third-order valence-electron chi connectivity index (χ3n) is 5.53. The Morgan fingerprint density at radius 3 is 2.61 bits per heavy atom. The van der Waals surface area contributed by atoms with Gasteiger partial charge < -0.3 is 0 Å². The standard InChI is InChI=1S/C17H17F2N5O3S/c1-8-11(6-23-15(26)20-7-21-23)28-14-12(8)13(25)24(10-2-3-10)16(27)22(14)5-9-4-17(9,18)19/h7,9-10H,2-6H2,1H3,(H,20,21,26). The summed E-state index contributed by atoms with van der Waals surface area (Å²) in [5.41, 5.74) is -0.629. The summed E-state index contributed by atoms with van der Waals surface area (Å²) in [4.78, 5) is 41.3. The average molecular weight is 409 g/mol. The van der Waals surface area contributed by atoms with Crippen molar-refractivity contribution in [3.8, 4) is 0 Å². The molecule has 3 aromatic rings. The van der Waals surface area contributed by atoms with E-state index in [9.17, 15) is 23.2 Å². The summed E-state index contributed by atoms with van der Waals surface area (Å²) in [5.74, 6) is -3.65. The molecule has 28 heavy (non-hydrogen) atoms. The van der Waals surface area contributed by atoms with Crippen LogP contribution in [0.1, 0.15) is 35.7 Å². The predicted octanol–water partition coefficient (Wildman–Crippen LogP) is 1.46. The van der Waals surface area contributed by atoms with Gasteiger partial charge in [-0.25, -0.2) is 23.1 Å². The van der Waals surface area contributed by atoms with Gasteiger partial charge in [0.1, 0.15) is 11.2 Å². The highest BCUT2D eigenvalue weighted by molar-refractivity contribution is 7.18. The molecule has 2 fully saturated rings. The van der Waals surface area contributed by atoms with Crippen LogP contribution in [0.3, 0.4) is 0 Å². The molecule has 2 aliphatic rings. The summed E-state index contributed by atoms with van der Waals surface area (Å²) < 4.78 is 30.8. The summed E-state index contributed by atoms with van der Waals surface area (Å²) in [5, 5.41) is 4.30. The van der Waals surface area contributed by atoms with E-state index in [4.69, 9.17) is 0 Å². The number of H-pyrrole nitrogens is 1. The number of alkyl halides is 2. The number of aromatic nitrogens is 5. The Labute approximate surface area is 160 Å². The zero-order valence-corrected chi connectivity index (χ0v) is 15.8. The van der Waals surface area contributed by atoms with Crippen LogP contribution < -0.4 is 16.9 Å². The summed E-state index contributed by atoms with van der Waals surface area (Å²) in [7, 11) is 0. The fraction of sp³-hybridized carbons (Fsp3) is 0.529. The van der Waals surface area contributed by atoms with Crippen LogP contribution in [-0.4, -0.2) is 29.8 Å². The van der Waals surface area contributed by atoms with E-state index in [2.05, 4.69) is 10.1 Å². The molecule has 11 heteroatoms. The van der Waals surface area contributed by atoms with Crippen LogP contribution in [0.5, 0.6) is 0 Å². The van der Waals surface area contributed by atoms with Crippen molar-refractivity contribution in [3.05, 3.63) is 48.1 Å². The molecule has 3 aromatic heterocycles. The number of fused-ring (bicyclic) bond motifs is 1. The van der Waals surface area contributed by atoms with Crippen molar-refractivity contribution in [2.75, 3.05) is 0 Å². The van der Waals surface area contributed by atoms with Crippen LogP contribution in [-0.2, 0) is 13.1 Å². The summed E-state index contributed by atoms with van der Waals surface area (Å²) >= 11 is 1.19. The van der Waals surface area contributed by atoms with Gasteiger partial charge in [0.15, 0.2) is 0 Å². The Morgan fingerprint density at radius 2 is 2.04 bits per heavy atom. The third-order valence-corrected chi connectivity index (χ3v) is 6.82. The zero-order chi connectivity index (χ0) is 19.8. The minimum atomic E-state index is -2.76. The maximum atomic E-state index is 13.5. The fourth-order valence-electron chi connectivity index (χ4n) is 3.59. The number of thiophene rings is 1. The molecule has 0 aromatic carbocycles. The Morgan fingerprint density at radius 1 is 1.32 bits per heavy atom. The van der Waals surface area contributed by atoms with Crippen LogP contribution in [0.15, 0.2) is 20.7 Å². The number of nitrogens with one attached hydrogen (secondary N) is 1. The number of rotatable bonds is 5. The van der Waals surface area contributed by atoms with E-state index in [0.29, 0.717) is 20.7 Å². The first-order chi connectivity index (χ1) is 13.3. The lowest BCUT2D eigenvalue weighted by Gasteiger charge is -2.11. The second kappa shape index (κ2) is 5.72. The van der Waals surface area contributed by atoms with Crippen LogP contribution in [0.2, 0.25) is 0 Å². The van der Waals surface area contributed by atoms with Crippen molar-refractivity contribution in [3.63, 3.8) is 0 Å². The van der Waals surface area contributed by atoms with Gasteiger partial charge in [0.25, 0.3) is 11.5 Å². The number of aryl methyl sites for hydroxylation is 1. The quantitative estimate of drug-likeness (QED) is 0.690. The van der Waals surface area contributed by atoms with E-state index < -0.39 is 17.5 Å². The van der Waals surface area contributed by atoms with Gasteiger partial charge >= 0.3 is 11.4 Å². The summed E-state index contributed by atoms with van der Waals surface area (Å²) in [6.45, 7) is 1.78.